The van der Waals surface area contributed by atoms with Crippen LogP contribution in [0, 0.1) is 0 Å². The van der Waals surface area contributed by atoms with E-state index in [4.69, 9.17) is 9.40 Å². The van der Waals surface area contributed by atoms with E-state index in [2.05, 4.69) is 31.7 Å². The molecule has 0 saturated heterocycles. The van der Waals surface area contributed by atoms with Gasteiger partial charge in [-0.25, -0.2) is 9.78 Å². The van der Waals surface area contributed by atoms with Crippen molar-refractivity contribution in [3.05, 3.63) is 57.9 Å². The molecule has 152 valence electrons. The molecule has 2 aromatic carbocycles. The average Bonchev–Trinajstić information content (AvgIpc) is 3.15. The van der Waals surface area contributed by atoms with Gasteiger partial charge in [-0.05, 0) is 54.0 Å². The topological polar surface area (TPSA) is 46.3 Å². The van der Waals surface area contributed by atoms with E-state index in [1.54, 1.807) is 11.3 Å². The second-order valence-electron chi connectivity index (χ2n) is 9.35. The van der Waals surface area contributed by atoms with E-state index < -0.39 is 0 Å². The van der Waals surface area contributed by atoms with Gasteiger partial charge in [-0.1, -0.05) is 32.9 Å². The Balaban J connectivity index is 1.65. The summed E-state index contributed by atoms with van der Waals surface area (Å²) in [6, 6.07) is 12.3. The summed E-state index contributed by atoms with van der Waals surface area (Å²) < 4.78 is 7.12. The largest absolute Gasteiger partial charge is 0.422 e. The summed E-state index contributed by atoms with van der Waals surface area (Å²) in [5.41, 5.74) is 5.97. The van der Waals surface area contributed by atoms with Crippen LogP contribution in [0.1, 0.15) is 50.7 Å². The van der Waals surface area contributed by atoms with Crippen LogP contribution in [0.4, 0.5) is 5.69 Å². The molecule has 1 unspecified atom stereocenters. The number of fused-ring (bicyclic) bond motifs is 3. The van der Waals surface area contributed by atoms with Crippen molar-refractivity contribution in [2.75, 3.05) is 18.0 Å². The molecule has 0 fully saturated rings. The molecule has 0 bridgehead atoms. The summed E-state index contributed by atoms with van der Waals surface area (Å²) >= 11 is 1.54. The molecule has 5 heteroatoms. The molecule has 6 rings (SSSR count). The second-order valence-corrected chi connectivity index (χ2v) is 10.4. The number of hydrogen-bond acceptors (Lipinski definition) is 5. The zero-order chi connectivity index (χ0) is 20.6. The maximum absolute atomic E-state index is 13.1. The zero-order valence-electron chi connectivity index (χ0n) is 17.5. The molecule has 0 spiro atoms. The first kappa shape index (κ1) is 18.1. The molecule has 30 heavy (non-hydrogen) atoms. The van der Waals surface area contributed by atoms with Crippen LogP contribution in [0.25, 0.3) is 31.8 Å². The Kier molecular flexibility index (Phi) is 3.73. The molecule has 0 saturated carbocycles. The standard InChI is InChI=1S/C25H24N2O2S/c1-14-8-10-27-11-9-25(2,3)17-13-15-12-16(24(28)29-22(15)20(14)21(17)27)23-26-18-6-4-5-7-19(18)30-23/h4-7,12-14H,8-11H2,1-3H3. The van der Waals surface area contributed by atoms with Gasteiger partial charge in [0.15, 0.2) is 0 Å². The molecule has 2 aliphatic rings. The lowest BCUT2D eigenvalue weighted by Crippen LogP contribution is -2.41. The fourth-order valence-electron chi connectivity index (χ4n) is 5.11. The SMILES string of the molecule is CC1CCN2CCC(C)(C)c3cc4cc(-c5nc6ccccc6s5)c(=O)oc4c1c32. The van der Waals surface area contributed by atoms with Gasteiger partial charge >= 0.3 is 5.63 Å². The first-order valence-electron chi connectivity index (χ1n) is 10.7. The Hall–Kier alpha value is -2.66. The second kappa shape index (κ2) is 6.17. The summed E-state index contributed by atoms with van der Waals surface area (Å²) in [5, 5.41) is 1.74. The third-order valence-corrected chi connectivity index (χ3v) is 8.00. The molecule has 0 aliphatic carbocycles. The van der Waals surface area contributed by atoms with Gasteiger partial charge in [-0.15, -0.1) is 11.3 Å². The van der Waals surface area contributed by atoms with Gasteiger partial charge in [-0.2, -0.15) is 0 Å². The van der Waals surface area contributed by atoms with E-state index in [1.165, 1.54) is 16.8 Å². The minimum absolute atomic E-state index is 0.109. The van der Waals surface area contributed by atoms with E-state index in [0.29, 0.717) is 11.5 Å². The third kappa shape index (κ3) is 2.51. The molecule has 0 radical (unpaired) electrons. The number of benzene rings is 2. The minimum Gasteiger partial charge on any atom is -0.422 e. The fourth-order valence-corrected chi connectivity index (χ4v) is 6.08. The van der Waals surface area contributed by atoms with E-state index in [1.807, 2.05) is 30.3 Å². The molecule has 2 aliphatic heterocycles. The van der Waals surface area contributed by atoms with Crippen molar-refractivity contribution in [2.24, 2.45) is 0 Å². The van der Waals surface area contributed by atoms with Crippen molar-refractivity contribution in [3.63, 3.8) is 0 Å². The van der Waals surface area contributed by atoms with Crippen LogP contribution < -0.4 is 10.5 Å². The van der Waals surface area contributed by atoms with Crippen molar-refractivity contribution in [1.29, 1.82) is 0 Å². The molecule has 4 aromatic rings. The lowest BCUT2D eigenvalue weighted by molar-refractivity contribution is 0.437. The quantitative estimate of drug-likeness (QED) is 0.354. The van der Waals surface area contributed by atoms with Crippen LogP contribution >= 0.6 is 11.3 Å². The number of nitrogens with zero attached hydrogens (tertiary/aromatic N) is 2. The van der Waals surface area contributed by atoms with E-state index in [0.717, 1.165) is 52.1 Å². The first-order valence-corrected chi connectivity index (χ1v) is 11.5. The van der Waals surface area contributed by atoms with Crippen LogP contribution in [0.2, 0.25) is 0 Å². The van der Waals surface area contributed by atoms with Crippen LogP contribution in [0.3, 0.4) is 0 Å². The van der Waals surface area contributed by atoms with Gasteiger partial charge in [0.2, 0.25) is 0 Å². The van der Waals surface area contributed by atoms with Crippen molar-refractivity contribution < 1.29 is 4.42 Å². The van der Waals surface area contributed by atoms with Crippen molar-refractivity contribution in [2.45, 2.75) is 44.9 Å². The van der Waals surface area contributed by atoms with Crippen molar-refractivity contribution in [1.82, 2.24) is 4.98 Å². The summed E-state index contributed by atoms with van der Waals surface area (Å²) in [4.78, 5) is 20.3. The number of para-hydroxylation sites is 1. The first-order chi connectivity index (χ1) is 14.4. The predicted molar refractivity (Wildman–Crippen MR) is 124 cm³/mol. The maximum atomic E-state index is 13.1. The number of hydrogen-bond donors (Lipinski definition) is 0. The fraction of sp³-hybridized carbons (Fsp3) is 0.360. The Morgan fingerprint density at radius 2 is 2.03 bits per heavy atom. The molecule has 1 atom stereocenters. The number of thiazole rings is 1. The lowest BCUT2D eigenvalue weighted by atomic mass is 9.73. The Labute approximate surface area is 179 Å². The highest BCUT2D eigenvalue weighted by molar-refractivity contribution is 7.21. The highest BCUT2D eigenvalue weighted by Gasteiger charge is 2.38. The van der Waals surface area contributed by atoms with Gasteiger partial charge in [0.25, 0.3) is 0 Å². The Morgan fingerprint density at radius 1 is 1.20 bits per heavy atom. The number of rotatable bonds is 1. The normalized spacial score (nSPS) is 20.0. The smallest absolute Gasteiger partial charge is 0.346 e. The Morgan fingerprint density at radius 3 is 2.87 bits per heavy atom. The van der Waals surface area contributed by atoms with E-state index in [9.17, 15) is 4.79 Å². The molecular weight excluding hydrogens is 392 g/mol. The number of anilines is 1. The van der Waals surface area contributed by atoms with Gasteiger partial charge in [0.1, 0.15) is 10.6 Å². The molecule has 4 heterocycles. The van der Waals surface area contributed by atoms with E-state index >= 15 is 0 Å². The van der Waals surface area contributed by atoms with Crippen LogP contribution in [0.5, 0.6) is 0 Å². The summed E-state index contributed by atoms with van der Waals surface area (Å²) in [6.07, 6.45) is 2.23. The van der Waals surface area contributed by atoms with Crippen molar-refractivity contribution in [3.8, 4) is 10.6 Å². The summed E-state index contributed by atoms with van der Waals surface area (Å²) in [6.45, 7) is 9.07. The zero-order valence-corrected chi connectivity index (χ0v) is 18.3. The highest BCUT2D eigenvalue weighted by Crippen LogP contribution is 2.49. The number of aromatic nitrogens is 1. The monoisotopic (exact) mass is 416 g/mol. The minimum atomic E-state index is -0.294. The van der Waals surface area contributed by atoms with Crippen molar-refractivity contribution >= 4 is 38.2 Å². The van der Waals surface area contributed by atoms with Crippen LogP contribution in [-0.2, 0) is 5.41 Å². The van der Waals surface area contributed by atoms with Gasteiger partial charge in [0.05, 0.1) is 15.8 Å². The maximum Gasteiger partial charge on any atom is 0.346 e. The van der Waals surface area contributed by atoms with Gasteiger partial charge in [-0.3, -0.25) is 0 Å². The summed E-state index contributed by atoms with van der Waals surface area (Å²) in [5.74, 6) is 0.379. The summed E-state index contributed by atoms with van der Waals surface area (Å²) in [7, 11) is 0. The third-order valence-electron chi connectivity index (χ3n) is 6.93. The molecular formula is C25H24N2O2S. The molecule has 0 amide bonds. The Bertz CT molecular complexity index is 1350. The lowest BCUT2D eigenvalue weighted by Gasteiger charge is -2.45. The molecule has 0 N–H and O–H groups in total. The molecule has 4 nitrogen and oxygen atoms in total. The predicted octanol–water partition coefficient (Wildman–Crippen LogP) is 6.06. The van der Waals surface area contributed by atoms with Crippen LogP contribution in [-0.4, -0.2) is 18.1 Å². The van der Waals surface area contributed by atoms with Gasteiger partial charge in [0, 0.05) is 29.7 Å². The molecule has 2 aromatic heterocycles. The van der Waals surface area contributed by atoms with E-state index in [-0.39, 0.29) is 11.0 Å². The highest BCUT2D eigenvalue weighted by atomic mass is 32.1. The van der Waals surface area contributed by atoms with Crippen LogP contribution in [0.15, 0.2) is 45.6 Å². The van der Waals surface area contributed by atoms with Gasteiger partial charge < -0.3 is 9.32 Å². The average molecular weight is 417 g/mol.